The van der Waals surface area contributed by atoms with Gasteiger partial charge in [0.25, 0.3) is 0 Å². The molecule has 15 heavy (non-hydrogen) atoms. The van der Waals surface area contributed by atoms with Crippen LogP contribution < -0.4 is 4.74 Å². The molecular formula is C12H16O3. The van der Waals surface area contributed by atoms with Crippen LogP contribution in [0.15, 0.2) is 18.2 Å². The third-order valence-corrected chi connectivity index (χ3v) is 2.88. The Morgan fingerprint density at radius 2 is 2.20 bits per heavy atom. The van der Waals surface area contributed by atoms with E-state index in [4.69, 9.17) is 9.47 Å². The molecule has 82 valence electrons. The summed E-state index contributed by atoms with van der Waals surface area (Å²) in [6.07, 6.45) is 0.897. The molecule has 1 heterocycles. The zero-order valence-electron chi connectivity index (χ0n) is 9.12. The molecule has 0 bridgehead atoms. The summed E-state index contributed by atoms with van der Waals surface area (Å²) in [6, 6.07) is 5.81. The van der Waals surface area contributed by atoms with Crippen LogP contribution in [0.2, 0.25) is 0 Å². The molecule has 1 fully saturated rings. The van der Waals surface area contributed by atoms with Crippen LogP contribution in [0.3, 0.4) is 0 Å². The van der Waals surface area contributed by atoms with Crippen molar-refractivity contribution in [2.45, 2.75) is 18.9 Å². The first kappa shape index (κ1) is 10.5. The van der Waals surface area contributed by atoms with Crippen molar-refractivity contribution in [3.05, 3.63) is 29.3 Å². The Bertz CT molecular complexity index is 356. The van der Waals surface area contributed by atoms with Gasteiger partial charge in [-0.2, -0.15) is 0 Å². The van der Waals surface area contributed by atoms with Gasteiger partial charge in [-0.25, -0.2) is 0 Å². The number of ether oxygens (including phenoxy) is 2. The van der Waals surface area contributed by atoms with Gasteiger partial charge in [0.05, 0.1) is 20.3 Å². The molecule has 0 aromatic heterocycles. The fourth-order valence-electron chi connectivity index (χ4n) is 1.81. The second-order valence-corrected chi connectivity index (χ2v) is 3.90. The Kier molecular flexibility index (Phi) is 2.67. The van der Waals surface area contributed by atoms with Crippen molar-refractivity contribution in [2.24, 2.45) is 0 Å². The summed E-state index contributed by atoms with van der Waals surface area (Å²) in [5.74, 6) is 0.880. The van der Waals surface area contributed by atoms with Gasteiger partial charge in [-0.1, -0.05) is 13.0 Å². The first-order valence-corrected chi connectivity index (χ1v) is 5.17. The molecule has 0 radical (unpaired) electrons. The molecule has 0 atom stereocenters. The van der Waals surface area contributed by atoms with Gasteiger partial charge in [0.2, 0.25) is 0 Å². The monoisotopic (exact) mass is 208 g/mol. The first-order valence-electron chi connectivity index (χ1n) is 5.17. The van der Waals surface area contributed by atoms with E-state index >= 15 is 0 Å². The van der Waals surface area contributed by atoms with E-state index in [9.17, 15) is 5.11 Å². The fraction of sp³-hybridized carbons (Fsp3) is 0.500. The Labute approximate surface area is 89.6 Å². The maximum atomic E-state index is 10.1. The predicted octanol–water partition coefficient (Wildman–Crippen LogP) is 1.48. The molecule has 3 nitrogen and oxygen atoms in total. The minimum atomic E-state index is -0.782. The molecule has 2 rings (SSSR count). The van der Waals surface area contributed by atoms with Crippen molar-refractivity contribution in [3.63, 3.8) is 0 Å². The van der Waals surface area contributed by atoms with Crippen molar-refractivity contribution >= 4 is 0 Å². The normalized spacial score (nSPS) is 18.3. The molecule has 1 saturated heterocycles. The maximum Gasteiger partial charge on any atom is 0.136 e. The lowest BCUT2D eigenvalue weighted by Crippen LogP contribution is -2.46. The first-order chi connectivity index (χ1) is 7.19. The molecular weight excluding hydrogens is 192 g/mol. The molecule has 1 aromatic rings. The summed E-state index contributed by atoms with van der Waals surface area (Å²) in [7, 11) is 1.66. The van der Waals surface area contributed by atoms with Gasteiger partial charge in [-0.15, -0.1) is 0 Å². The highest BCUT2D eigenvalue weighted by atomic mass is 16.5. The van der Waals surface area contributed by atoms with Crippen LogP contribution in [0.5, 0.6) is 5.75 Å². The van der Waals surface area contributed by atoms with Crippen molar-refractivity contribution in [2.75, 3.05) is 20.3 Å². The third kappa shape index (κ3) is 1.73. The molecule has 0 aliphatic carbocycles. The van der Waals surface area contributed by atoms with E-state index in [2.05, 4.69) is 6.92 Å². The molecule has 1 N–H and O–H groups in total. The van der Waals surface area contributed by atoms with Crippen LogP contribution >= 0.6 is 0 Å². The third-order valence-electron chi connectivity index (χ3n) is 2.88. The number of aliphatic hydroxyl groups is 1. The summed E-state index contributed by atoms with van der Waals surface area (Å²) >= 11 is 0. The summed E-state index contributed by atoms with van der Waals surface area (Å²) in [5, 5.41) is 10.1. The highest BCUT2D eigenvalue weighted by Gasteiger charge is 2.38. The zero-order valence-corrected chi connectivity index (χ0v) is 9.12. The topological polar surface area (TPSA) is 38.7 Å². The lowest BCUT2D eigenvalue weighted by atomic mass is 9.90. The molecule has 3 heteroatoms. The summed E-state index contributed by atoms with van der Waals surface area (Å²) in [5.41, 5.74) is 1.26. The lowest BCUT2D eigenvalue weighted by molar-refractivity contribution is -0.184. The number of aryl methyl sites for hydroxylation is 1. The number of benzene rings is 1. The second-order valence-electron chi connectivity index (χ2n) is 3.90. The van der Waals surface area contributed by atoms with E-state index in [0.29, 0.717) is 13.2 Å². The van der Waals surface area contributed by atoms with E-state index in [0.717, 1.165) is 23.3 Å². The summed E-state index contributed by atoms with van der Waals surface area (Å²) < 4.78 is 10.3. The fourth-order valence-corrected chi connectivity index (χ4v) is 1.81. The Morgan fingerprint density at radius 1 is 1.47 bits per heavy atom. The lowest BCUT2D eigenvalue weighted by Gasteiger charge is -2.37. The van der Waals surface area contributed by atoms with E-state index in [1.807, 2.05) is 18.2 Å². The van der Waals surface area contributed by atoms with Crippen molar-refractivity contribution < 1.29 is 14.6 Å². The number of hydrogen-bond donors (Lipinski definition) is 1. The molecule has 1 aromatic carbocycles. The van der Waals surface area contributed by atoms with Gasteiger partial charge >= 0.3 is 0 Å². The van der Waals surface area contributed by atoms with Crippen LogP contribution in [-0.4, -0.2) is 25.4 Å². The Balaban J connectivity index is 2.34. The van der Waals surface area contributed by atoms with E-state index in [1.165, 1.54) is 0 Å². The summed E-state index contributed by atoms with van der Waals surface area (Å²) in [4.78, 5) is 0. The highest BCUT2D eigenvalue weighted by Crippen LogP contribution is 2.32. The maximum absolute atomic E-state index is 10.1. The molecule has 0 spiro atoms. The standard InChI is InChI=1S/C12H16O3/c1-3-9-6-10(4-5-11(9)14-2)12(13)7-15-8-12/h4-6,13H,3,7-8H2,1-2H3. The van der Waals surface area contributed by atoms with Crippen molar-refractivity contribution in [1.29, 1.82) is 0 Å². The minimum Gasteiger partial charge on any atom is -0.496 e. The van der Waals surface area contributed by atoms with Crippen molar-refractivity contribution in [3.8, 4) is 5.75 Å². The molecule has 1 aliphatic heterocycles. The van der Waals surface area contributed by atoms with Gasteiger partial charge < -0.3 is 14.6 Å². The Hall–Kier alpha value is -1.06. The average molecular weight is 208 g/mol. The predicted molar refractivity (Wildman–Crippen MR) is 57.1 cm³/mol. The van der Waals surface area contributed by atoms with Gasteiger partial charge in [0.1, 0.15) is 11.4 Å². The zero-order chi connectivity index (χ0) is 10.9. The van der Waals surface area contributed by atoms with E-state index in [1.54, 1.807) is 7.11 Å². The second kappa shape index (κ2) is 3.83. The average Bonchev–Trinajstić information content (AvgIpc) is 2.25. The molecule has 1 aliphatic rings. The molecule has 0 saturated carbocycles. The van der Waals surface area contributed by atoms with Crippen molar-refractivity contribution in [1.82, 2.24) is 0 Å². The van der Waals surface area contributed by atoms with Gasteiger partial charge in [-0.3, -0.25) is 0 Å². The van der Waals surface area contributed by atoms with Crippen LogP contribution in [0, 0.1) is 0 Å². The largest absolute Gasteiger partial charge is 0.496 e. The minimum absolute atomic E-state index is 0.391. The number of rotatable bonds is 3. The van der Waals surface area contributed by atoms with Gasteiger partial charge in [0.15, 0.2) is 0 Å². The summed E-state index contributed by atoms with van der Waals surface area (Å²) in [6.45, 7) is 2.86. The van der Waals surface area contributed by atoms with E-state index in [-0.39, 0.29) is 0 Å². The molecule has 0 amide bonds. The number of hydrogen-bond acceptors (Lipinski definition) is 3. The quantitative estimate of drug-likeness (QED) is 0.817. The van der Waals surface area contributed by atoms with E-state index < -0.39 is 5.60 Å². The SMILES string of the molecule is CCc1cc(C2(O)COC2)ccc1OC. The van der Waals surface area contributed by atoms with Crippen LogP contribution in [0.1, 0.15) is 18.1 Å². The Morgan fingerprint density at radius 3 is 2.67 bits per heavy atom. The molecule has 0 unspecified atom stereocenters. The highest BCUT2D eigenvalue weighted by molar-refractivity contribution is 5.40. The number of methoxy groups -OCH3 is 1. The smallest absolute Gasteiger partial charge is 0.136 e. The van der Waals surface area contributed by atoms with Crippen LogP contribution in [0.4, 0.5) is 0 Å². The van der Waals surface area contributed by atoms with Gasteiger partial charge in [-0.05, 0) is 29.7 Å². The van der Waals surface area contributed by atoms with Crippen LogP contribution in [-0.2, 0) is 16.8 Å². The van der Waals surface area contributed by atoms with Crippen LogP contribution in [0.25, 0.3) is 0 Å². The van der Waals surface area contributed by atoms with Gasteiger partial charge in [0, 0.05) is 0 Å².